The lowest BCUT2D eigenvalue weighted by molar-refractivity contribution is 0.676. The van der Waals surface area contributed by atoms with Crippen molar-refractivity contribution in [3.63, 3.8) is 0 Å². The van der Waals surface area contributed by atoms with Gasteiger partial charge in [0.15, 0.2) is 0 Å². The smallest absolute Gasteiger partial charge is 0.142 e. The maximum Gasteiger partial charge on any atom is 0.142 e. The van der Waals surface area contributed by atoms with E-state index in [0.29, 0.717) is 0 Å². The molecule has 0 fully saturated rings. The molecule has 0 bridgehead atoms. The Labute approximate surface area is 121 Å². The SMILES string of the molecule is N#CC1c2ccccc2CCN1c1cccc(Br)c1. The van der Waals surface area contributed by atoms with Crippen LogP contribution in [0.1, 0.15) is 17.2 Å². The lowest BCUT2D eigenvalue weighted by Gasteiger charge is -2.35. The second kappa shape index (κ2) is 5.07. The fourth-order valence-electron chi connectivity index (χ4n) is 2.64. The van der Waals surface area contributed by atoms with Gasteiger partial charge in [-0.3, -0.25) is 0 Å². The van der Waals surface area contributed by atoms with E-state index in [1.54, 1.807) is 0 Å². The zero-order chi connectivity index (χ0) is 13.2. The molecule has 0 aromatic heterocycles. The summed E-state index contributed by atoms with van der Waals surface area (Å²) in [5.74, 6) is 0. The number of hydrogen-bond donors (Lipinski definition) is 0. The monoisotopic (exact) mass is 312 g/mol. The van der Waals surface area contributed by atoms with E-state index in [-0.39, 0.29) is 6.04 Å². The number of anilines is 1. The second-order valence-corrected chi connectivity index (χ2v) is 5.57. The van der Waals surface area contributed by atoms with Gasteiger partial charge in [-0.1, -0.05) is 46.3 Å². The van der Waals surface area contributed by atoms with Crippen molar-refractivity contribution in [3.8, 4) is 6.07 Å². The predicted molar refractivity (Wildman–Crippen MR) is 80.0 cm³/mol. The summed E-state index contributed by atoms with van der Waals surface area (Å²) in [6.07, 6.45) is 0.987. The molecule has 1 heterocycles. The highest BCUT2D eigenvalue weighted by Gasteiger charge is 2.27. The molecule has 1 unspecified atom stereocenters. The van der Waals surface area contributed by atoms with Crippen LogP contribution in [0.25, 0.3) is 0 Å². The quantitative estimate of drug-likeness (QED) is 0.793. The average molecular weight is 313 g/mol. The van der Waals surface area contributed by atoms with Gasteiger partial charge in [0.2, 0.25) is 0 Å². The van der Waals surface area contributed by atoms with Crippen LogP contribution in [-0.2, 0) is 6.42 Å². The molecule has 2 nitrogen and oxygen atoms in total. The van der Waals surface area contributed by atoms with Gasteiger partial charge in [0.1, 0.15) is 6.04 Å². The molecular formula is C16H13BrN2. The van der Waals surface area contributed by atoms with E-state index in [4.69, 9.17) is 0 Å². The Bertz CT molecular complexity index is 645. The summed E-state index contributed by atoms with van der Waals surface area (Å²) in [7, 11) is 0. The zero-order valence-electron chi connectivity index (χ0n) is 10.4. The Kier molecular flexibility index (Phi) is 3.27. The standard InChI is InChI=1S/C16H13BrN2/c17-13-5-3-6-14(10-13)19-9-8-12-4-1-2-7-15(12)16(19)11-18/h1-7,10,16H,8-9H2. The number of nitriles is 1. The Hall–Kier alpha value is -1.79. The van der Waals surface area contributed by atoms with Gasteiger partial charge in [0.25, 0.3) is 0 Å². The Morgan fingerprint density at radius 3 is 2.79 bits per heavy atom. The predicted octanol–water partition coefficient (Wildman–Crippen LogP) is 4.08. The van der Waals surface area contributed by atoms with Crippen LogP contribution in [0.2, 0.25) is 0 Å². The Balaban J connectivity index is 2.04. The van der Waals surface area contributed by atoms with Gasteiger partial charge in [-0.2, -0.15) is 5.26 Å². The zero-order valence-corrected chi connectivity index (χ0v) is 12.0. The van der Waals surface area contributed by atoms with Crippen molar-refractivity contribution < 1.29 is 0 Å². The van der Waals surface area contributed by atoms with Crippen molar-refractivity contribution in [2.24, 2.45) is 0 Å². The lowest BCUT2D eigenvalue weighted by Crippen LogP contribution is -2.34. The van der Waals surface area contributed by atoms with E-state index in [2.05, 4.69) is 51.2 Å². The number of nitrogens with zero attached hydrogens (tertiary/aromatic N) is 2. The molecule has 0 aliphatic carbocycles. The van der Waals surface area contributed by atoms with E-state index in [0.717, 1.165) is 28.7 Å². The van der Waals surface area contributed by atoms with Crippen molar-refractivity contribution in [2.75, 3.05) is 11.4 Å². The van der Waals surface area contributed by atoms with Crippen LogP contribution >= 0.6 is 15.9 Å². The van der Waals surface area contributed by atoms with Gasteiger partial charge in [-0.15, -0.1) is 0 Å². The van der Waals surface area contributed by atoms with E-state index in [9.17, 15) is 5.26 Å². The molecule has 2 aromatic rings. The van der Waals surface area contributed by atoms with Crippen LogP contribution in [0.5, 0.6) is 0 Å². The molecule has 0 N–H and O–H groups in total. The molecule has 1 aliphatic rings. The minimum absolute atomic E-state index is 0.195. The molecule has 1 aliphatic heterocycles. The minimum atomic E-state index is -0.195. The number of benzene rings is 2. The maximum atomic E-state index is 9.54. The van der Waals surface area contributed by atoms with Crippen LogP contribution in [-0.4, -0.2) is 6.54 Å². The van der Waals surface area contributed by atoms with Gasteiger partial charge < -0.3 is 4.90 Å². The molecule has 0 radical (unpaired) electrons. The minimum Gasteiger partial charge on any atom is -0.352 e. The third-order valence-electron chi connectivity index (χ3n) is 3.55. The summed E-state index contributed by atoms with van der Waals surface area (Å²) in [6.45, 7) is 0.881. The second-order valence-electron chi connectivity index (χ2n) is 4.65. The molecule has 0 spiro atoms. The van der Waals surface area contributed by atoms with E-state index in [1.807, 2.05) is 24.3 Å². The highest BCUT2D eigenvalue weighted by Crippen LogP contribution is 2.34. The van der Waals surface area contributed by atoms with Crippen molar-refractivity contribution in [1.29, 1.82) is 5.26 Å². The molecule has 0 amide bonds. The molecule has 19 heavy (non-hydrogen) atoms. The van der Waals surface area contributed by atoms with Gasteiger partial charge >= 0.3 is 0 Å². The van der Waals surface area contributed by atoms with Crippen LogP contribution in [0.15, 0.2) is 53.0 Å². The molecule has 3 rings (SSSR count). The average Bonchev–Trinajstić information content (AvgIpc) is 2.46. The molecule has 0 saturated heterocycles. The largest absolute Gasteiger partial charge is 0.352 e. The number of hydrogen-bond acceptors (Lipinski definition) is 2. The van der Waals surface area contributed by atoms with Crippen molar-refractivity contribution in [1.82, 2.24) is 0 Å². The third-order valence-corrected chi connectivity index (χ3v) is 4.04. The van der Waals surface area contributed by atoms with E-state index in [1.165, 1.54) is 5.56 Å². The van der Waals surface area contributed by atoms with Gasteiger partial charge in [0, 0.05) is 16.7 Å². The molecule has 2 aromatic carbocycles. The fourth-order valence-corrected chi connectivity index (χ4v) is 3.03. The number of halogens is 1. The van der Waals surface area contributed by atoms with Gasteiger partial charge in [0.05, 0.1) is 6.07 Å². The molecular weight excluding hydrogens is 300 g/mol. The first-order chi connectivity index (χ1) is 9.29. The number of rotatable bonds is 1. The summed E-state index contributed by atoms with van der Waals surface area (Å²) < 4.78 is 1.04. The maximum absolute atomic E-state index is 9.54. The van der Waals surface area contributed by atoms with E-state index >= 15 is 0 Å². The summed E-state index contributed by atoms with van der Waals surface area (Å²) in [5, 5.41) is 9.54. The summed E-state index contributed by atoms with van der Waals surface area (Å²) in [6, 6.07) is 18.6. The number of fused-ring (bicyclic) bond motifs is 1. The first-order valence-corrected chi connectivity index (χ1v) is 7.08. The Morgan fingerprint density at radius 2 is 2.00 bits per heavy atom. The summed E-state index contributed by atoms with van der Waals surface area (Å²) in [4.78, 5) is 2.17. The van der Waals surface area contributed by atoms with Crippen LogP contribution in [0.3, 0.4) is 0 Å². The molecule has 1 atom stereocenters. The molecule has 3 heteroatoms. The highest BCUT2D eigenvalue weighted by molar-refractivity contribution is 9.10. The van der Waals surface area contributed by atoms with Crippen molar-refractivity contribution in [3.05, 3.63) is 64.1 Å². The first kappa shape index (κ1) is 12.3. The fraction of sp³-hybridized carbons (Fsp3) is 0.188. The van der Waals surface area contributed by atoms with Crippen molar-refractivity contribution in [2.45, 2.75) is 12.5 Å². The van der Waals surface area contributed by atoms with Crippen LogP contribution in [0, 0.1) is 11.3 Å². The topological polar surface area (TPSA) is 27.0 Å². The molecule has 0 saturated carbocycles. The Morgan fingerprint density at radius 1 is 1.16 bits per heavy atom. The van der Waals surface area contributed by atoms with Crippen LogP contribution < -0.4 is 4.90 Å². The summed E-state index contributed by atoms with van der Waals surface area (Å²) >= 11 is 3.49. The molecule has 94 valence electrons. The van der Waals surface area contributed by atoms with E-state index < -0.39 is 0 Å². The summed E-state index contributed by atoms with van der Waals surface area (Å²) in [5.41, 5.74) is 3.52. The normalized spacial score (nSPS) is 17.7. The first-order valence-electron chi connectivity index (χ1n) is 6.29. The van der Waals surface area contributed by atoms with Gasteiger partial charge in [-0.05, 0) is 35.7 Å². The highest BCUT2D eigenvalue weighted by atomic mass is 79.9. The van der Waals surface area contributed by atoms with Crippen LogP contribution in [0.4, 0.5) is 5.69 Å². The van der Waals surface area contributed by atoms with Gasteiger partial charge in [-0.25, -0.2) is 0 Å². The third kappa shape index (κ3) is 2.24. The lowest BCUT2D eigenvalue weighted by atomic mass is 9.93. The van der Waals surface area contributed by atoms with Crippen molar-refractivity contribution >= 4 is 21.6 Å².